The molecule has 106 valence electrons. The fraction of sp³-hybridized carbons (Fsp3) is 0.100. The van der Waals surface area contributed by atoms with E-state index in [0.29, 0.717) is 0 Å². The number of nitrogen functional groups attached to an aromatic ring is 2. The fourth-order valence-electron chi connectivity index (χ4n) is 4.31. The molecule has 4 N–H and O–H groups in total. The normalized spacial score (nSPS) is 20.2. The number of benzene rings is 3. The highest BCUT2D eigenvalue weighted by Gasteiger charge is 2.41. The minimum Gasteiger partial charge on any atom is -0.399 e. The van der Waals surface area contributed by atoms with Crippen molar-refractivity contribution in [1.29, 1.82) is 0 Å². The molecule has 0 amide bonds. The van der Waals surface area contributed by atoms with Crippen LogP contribution in [0.15, 0.2) is 60.7 Å². The summed E-state index contributed by atoms with van der Waals surface area (Å²) in [6.45, 7) is 0. The van der Waals surface area contributed by atoms with Gasteiger partial charge in [0.15, 0.2) is 0 Å². The lowest BCUT2D eigenvalue weighted by molar-refractivity contribution is 0.757. The third kappa shape index (κ3) is 1.30. The molecular weight excluding hydrogens is 268 g/mol. The van der Waals surface area contributed by atoms with Gasteiger partial charge < -0.3 is 11.5 Å². The summed E-state index contributed by atoms with van der Waals surface area (Å²) in [5.41, 5.74) is 22.2. The van der Waals surface area contributed by atoms with Crippen molar-refractivity contribution in [3.05, 3.63) is 94.0 Å². The van der Waals surface area contributed by atoms with Crippen molar-refractivity contribution in [2.24, 2.45) is 0 Å². The van der Waals surface area contributed by atoms with Gasteiger partial charge >= 0.3 is 0 Å². The highest BCUT2D eigenvalue weighted by molar-refractivity contribution is 5.74. The highest BCUT2D eigenvalue weighted by Crippen LogP contribution is 2.57. The molecule has 6 rings (SSSR count). The van der Waals surface area contributed by atoms with Gasteiger partial charge in [0.1, 0.15) is 0 Å². The molecule has 0 aromatic heterocycles. The molecule has 2 nitrogen and oxygen atoms in total. The summed E-state index contributed by atoms with van der Waals surface area (Å²) in [4.78, 5) is 0. The molecule has 2 bridgehead atoms. The summed E-state index contributed by atoms with van der Waals surface area (Å²) in [6.07, 6.45) is 0. The quantitative estimate of drug-likeness (QED) is 0.424. The highest BCUT2D eigenvalue weighted by atomic mass is 14.6. The molecule has 3 aliphatic carbocycles. The molecule has 0 fully saturated rings. The maximum absolute atomic E-state index is 6.35. The van der Waals surface area contributed by atoms with Crippen LogP contribution >= 0.6 is 0 Å². The van der Waals surface area contributed by atoms with Crippen molar-refractivity contribution in [3.8, 4) is 0 Å². The Morgan fingerprint density at radius 1 is 0.591 bits per heavy atom. The van der Waals surface area contributed by atoms with Crippen molar-refractivity contribution in [2.75, 3.05) is 11.5 Å². The van der Waals surface area contributed by atoms with Crippen LogP contribution in [0.25, 0.3) is 0 Å². The molecule has 0 saturated carbocycles. The lowest BCUT2D eigenvalue weighted by Gasteiger charge is -2.42. The molecule has 3 aromatic rings. The van der Waals surface area contributed by atoms with E-state index in [1.165, 1.54) is 33.4 Å². The average molecular weight is 284 g/mol. The van der Waals surface area contributed by atoms with Gasteiger partial charge in [-0.15, -0.1) is 0 Å². The largest absolute Gasteiger partial charge is 0.399 e. The van der Waals surface area contributed by atoms with Gasteiger partial charge in [0, 0.05) is 23.2 Å². The van der Waals surface area contributed by atoms with E-state index in [0.717, 1.165) is 11.4 Å². The van der Waals surface area contributed by atoms with E-state index in [-0.39, 0.29) is 11.8 Å². The molecule has 2 atom stereocenters. The van der Waals surface area contributed by atoms with Gasteiger partial charge in [-0.05, 0) is 51.6 Å². The Balaban J connectivity index is 1.93. The van der Waals surface area contributed by atoms with Gasteiger partial charge in [-0.3, -0.25) is 0 Å². The second kappa shape index (κ2) is 3.92. The maximum atomic E-state index is 6.35. The standard InChI is InChI=1S/C20H16N2/c21-11-8-9-14-16(10-11)19-13-5-2-1-4-12(13)18(14)15-6-3-7-17(22)20(15)19/h1-10,18-19H,21-22H2. The summed E-state index contributed by atoms with van der Waals surface area (Å²) in [5, 5.41) is 0. The van der Waals surface area contributed by atoms with Gasteiger partial charge in [0.05, 0.1) is 0 Å². The van der Waals surface area contributed by atoms with Crippen LogP contribution in [-0.4, -0.2) is 0 Å². The SMILES string of the molecule is Nc1ccc2c(c1)C1c3ccccc3C2c2cccc(N)c21. The second-order valence-corrected chi connectivity index (χ2v) is 6.23. The van der Waals surface area contributed by atoms with E-state index in [1.807, 2.05) is 12.1 Å². The minimum atomic E-state index is 0.205. The van der Waals surface area contributed by atoms with Crippen LogP contribution in [-0.2, 0) is 0 Å². The monoisotopic (exact) mass is 284 g/mol. The molecule has 2 heteroatoms. The predicted octanol–water partition coefficient (Wildman–Crippen LogP) is 3.84. The maximum Gasteiger partial charge on any atom is 0.0370 e. The van der Waals surface area contributed by atoms with Crippen molar-refractivity contribution in [3.63, 3.8) is 0 Å². The summed E-state index contributed by atoms with van der Waals surface area (Å²) in [5.74, 6) is 0.478. The van der Waals surface area contributed by atoms with Crippen LogP contribution < -0.4 is 11.5 Å². The van der Waals surface area contributed by atoms with E-state index >= 15 is 0 Å². The molecule has 3 aliphatic rings. The third-order valence-corrected chi connectivity index (χ3v) is 5.12. The number of nitrogens with two attached hydrogens (primary N) is 2. The van der Waals surface area contributed by atoms with Crippen LogP contribution in [0.5, 0.6) is 0 Å². The van der Waals surface area contributed by atoms with E-state index in [1.54, 1.807) is 0 Å². The first kappa shape index (κ1) is 11.9. The van der Waals surface area contributed by atoms with Crippen molar-refractivity contribution in [1.82, 2.24) is 0 Å². The first-order valence-electron chi connectivity index (χ1n) is 7.62. The average Bonchev–Trinajstić information content (AvgIpc) is 2.54. The van der Waals surface area contributed by atoms with Crippen LogP contribution in [0.3, 0.4) is 0 Å². The van der Waals surface area contributed by atoms with E-state index in [2.05, 4.69) is 48.5 Å². The molecule has 0 radical (unpaired) electrons. The first-order chi connectivity index (χ1) is 10.8. The molecule has 0 aliphatic heterocycles. The van der Waals surface area contributed by atoms with E-state index in [4.69, 9.17) is 11.5 Å². The lowest BCUT2D eigenvalue weighted by atomic mass is 9.61. The van der Waals surface area contributed by atoms with Crippen LogP contribution in [0.1, 0.15) is 45.2 Å². The van der Waals surface area contributed by atoms with Gasteiger partial charge in [-0.1, -0.05) is 42.5 Å². The Bertz CT molecular complexity index is 927. The minimum absolute atomic E-state index is 0.205. The summed E-state index contributed by atoms with van der Waals surface area (Å²) >= 11 is 0. The Labute approximate surface area is 129 Å². The number of rotatable bonds is 0. The smallest absolute Gasteiger partial charge is 0.0370 e. The zero-order chi connectivity index (χ0) is 14.8. The number of hydrogen-bond donors (Lipinski definition) is 2. The Hall–Kier alpha value is -2.74. The van der Waals surface area contributed by atoms with E-state index < -0.39 is 0 Å². The molecular formula is C20H16N2. The first-order valence-corrected chi connectivity index (χ1v) is 7.62. The Morgan fingerprint density at radius 2 is 1.27 bits per heavy atom. The van der Waals surface area contributed by atoms with Crippen LogP contribution in [0.2, 0.25) is 0 Å². The molecule has 2 unspecified atom stereocenters. The zero-order valence-electron chi connectivity index (χ0n) is 12.1. The lowest BCUT2D eigenvalue weighted by Crippen LogP contribution is -2.28. The second-order valence-electron chi connectivity index (χ2n) is 6.23. The topological polar surface area (TPSA) is 52.0 Å². The van der Waals surface area contributed by atoms with Crippen molar-refractivity contribution >= 4 is 11.4 Å². The van der Waals surface area contributed by atoms with Gasteiger partial charge in [0.2, 0.25) is 0 Å². The summed E-state index contributed by atoms with van der Waals surface area (Å²) in [7, 11) is 0. The molecule has 22 heavy (non-hydrogen) atoms. The zero-order valence-corrected chi connectivity index (χ0v) is 12.1. The van der Waals surface area contributed by atoms with Gasteiger partial charge in [0.25, 0.3) is 0 Å². The number of hydrogen-bond acceptors (Lipinski definition) is 2. The van der Waals surface area contributed by atoms with Crippen LogP contribution in [0.4, 0.5) is 11.4 Å². The molecule has 3 aromatic carbocycles. The Morgan fingerprint density at radius 3 is 2.09 bits per heavy atom. The van der Waals surface area contributed by atoms with Crippen molar-refractivity contribution in [2.45, 2.75) is 11.8 Å². The molecule has 0 saturated heterocycles. The summed E-state index contributed by atoms with van der Waals surface area (Å²) in [6, 6.07) is 21.3. The van der Waals surface area contributed by atoms with Gasteiger partial charge in [-0.2, -0.15) is 0 Å². The molecule has 0 heterocycles. The summed E-state index contributed by atoms with van der Waals surface area (Å²) < 4.78 is 0. The predicted molar refractivity (Wildman–Crippen MR) is 90.0 cm³/mol. The Kier molecular flexibility index (Phi) is 2.11. The van der Waals surface area contributed by atoms with E-state index in [9.17, 15) is 0 Å². The van der Waals surface area contributed by atoms with Crippen molar-refractivity contribution < 1.29 is 0 Å². The molecule has 0 spiro atoms. The number of anilines is 2. The van der Waals surface area contributed by atoms with Crippen LogP contribution in [0, 0.1) is 0 Å². The fourth-order valence-corrected chi connectivity index (χ4v) is 4.31. The third-order valence-electron chi connectivity index (χ3n) is 5.12. The van der Waals surface area contributed by atoms with Gasteiger partial charge in [-0.25, -0.2) is 0 Å².